The number of carbonyl (C=O) groups is 2. The zero-order chi connectivity index (χ0) is 24.5. The molecule has 0 spiro atoms. The largest absolute Gasteiger partial charge is 0.365 e. The van der Waals surface area contributed by atoms with Crippen LogP contribution in [-0.4, -0.2) is 17.0 Å². The van der Waals surface area contributed by atoms with Crippen LogP contribution in [0.15, 0.2) is 52.6 Å². The van der Waals surface area contributed by atoms with Crippen LogP contribution in [-0.2, 0) is 17.6 Å². The van der Waals surface area contributed by atoms with Crippen molar-refractivity contribution in [3.63, 3.8) is 0 Å². The van der Waals surface area contributed by atoms with Crippen LogP contribution in [0.5, 0.6) is 0 Å². The van der Waals surface area contributed by atoms with Gasteiger partial charge in [-0.1, -0.05) is 22.8 Å². The molecule has 174 valence electrons. The minimum atomic E-state index is -0.600. The fraction of sp³-hybridized carbons (Fsp3) is 0.154. The fourth-order valence-corrected chi connectivity index (χ4v) is 5.67. The minimum absolute atomic E-state index is 0.101. The van der Waals surface area contributed by atoms with Crippen molar-refractivity contribution in [3.05, 3.63) is 74.6 Å². The number of aryl methyl sites for hydroxylation is 1. The summed E-state index contributed by atoms with van der Waals surface area (Å²) >= 11 is 7.34. The lowest BCUT2D eigenvalue weighted by atomic mass is 9.95. The number of nitrogens with two attached hydrogens (primary N) is 1. The first-order chi connectivity index (χ1) is 16.9. The van der Waals surface area contributed by atoms with Gasteiger partial charge in [0, 0.05) is 15.5 Å². The molecule has 9 heteroatoms. The third-order valence-corrected chi connectivity index (χ3v) is 7.39. The van der Waals surface area contributed by atoms with E-state index < -0.39 is 11.8 Å². The number of rotatable bonds is 5. The summed E-state index contributed by atoms with van der Waals surface area (Å²) in [6.45, 7) is 0. The maximum absolute atomic E-state index is 13.0. The van der Waals surface area contributed by atoms with Crippen molar-refractivity contribution in [2.45, 2.75) is 25.7 Å². The maximum Gasteiger partial charge on any atom is 0.266 e. The van der Waals surface area contributed by atoms with Gasteiger partial charge in [-0.15, -0.1) is 11.3 Å². The van der Waals surface area contributed by atoms with Gasteiger partial charge in [0.1, 0.15) is 22.2 Å². The molecule has 0 atom stereocenters. The lowest BCUT2D eigenvalue weighted by Crippen LogP contribution is -2.19. The molecule has 0 aliphatic heterocycles. The van der Waals surface area contributed by atoms with Crippen LogP contribution in [0.1, 0.15) is 39.2 Å². The van der Waals surface area contributed by atoms with Gasteiger partial charge in [-0.2, -0.15) is 5.26 Å². The normalized spacial score (nSPS) is 13.3. The molecule has 1 aliphatic rings. The van der Waals surface area contributed by atoms with Gasteiger partial charge in [0.25, 0.3) is 11.8 Å². The Labute approximate surface area is 209 Å². The van der Waals surface area contributed by atoms with Gasteiger partial charge in [0.15, 0.2) is 5.76 Å². The average molecular weight is 503 g/mol. The lowest BCUT2D eigenvalue weighted by molar-refractivity contribution is -0.112. The van der Waals surface area contributed by atoms with Crippen LogP contribution in [0.3, 0.4) is 0 Å². The highest BCUT2D eigenvalue weighted by molar-refractivity contribution is 7.17. The number of carbonyl (C=O) groups excluding carboxylic acids is 2. The monoisotopic (exact) mass is 502 g/mol. The Morgan fingerprint density at radius 3 is 2.69 bits per heavy atom. The molecule has 0 unspecified atom stereocenters. The molecule has 2 heterocycles. The van der Waals surface area contributed by atoms with Gasteiger partial charge in [-0.05, 0) is 79.3 Å². The quantitative estimate of drug-likeness (QED) is 0.266. The number of halogens is 1. The molecule has 3 N–H and O–H groups in total. The molecule has 2 aromatic carbocycles. The molecular weight excluding hydrogens is 484 g/mol. The highest BCUT2D eigenvalue weighted by Gasteiger charge is 2.25. The Kier molecular flexibility index (Phi) is 6.12. The van der Waals surface area contributed by atoms with Crippen LogP contribution in [0.25, 0.3) is 28.3 Å². The molecule has 35 heavy (non-hydrogen) atoms. The topological polar surface area (TPSA) is 122 Å². The minimum Gasteiger partial charge on any atom is -0.365 e. The molecule has 2 amide bonds. The van der Waals surface area contributed by atoms with Crippen LogP contribution in [0, 0.1) is 11.3 Å². The van der Waals surface area contributed by atoms with Crippen molar-refractivity contribution in [1.82, 2.24) is 5.16 Å². The van der Waals surface area contributed by atoms with E-state index in [1.165, 1.54) is 17.4 Å². The summed E-state index contributed by atoms with van der Waals surface area (Å²) in [6.07, 6.45) is 5.11. The second kappa shape index (κ2) is 9.37. The van der Waals surface area contributed by atoms with E-state index in [4.69, 9.17) is 21.9 Å². The zero-order valence-electron chi connectivity index (χ0n) is 18.4. The summed E-state index contributed by atoms with van der Waals surface area (Å²) in [5.74, 6) is -0.614. The number of hydrogen-bond acceptors (Lipinski definition) is 6. The number of nitrogens with one attached hydrogen (secondary N) is 1. The molecule has 0 saturated carbocycles. The number of benzene rings is 2. The van der Waals surface area contributed by atoms with Crippen molar-refractivity contribution in [2.24, 2.45) is 5.73 Å². The summed E-state index contributed by atoms with van der Waals surface area (Å²) in [5, 5.41) is 18.3. The number of thiophene rings is 1. The van der Waals surface area contributed by atoms with Gasteiger partial charge >= 0.3 is 0 Å². The predicted octanol–water partition coefficient (Wildman–Crippen LogP) is 5.73. The van der Waals surface area contributed by atoms with Crippen molar-refractivity contribution in [2.75, 3.05) is 5.32 Å². The van der Waals surface area contributed by atoms with Crippen LogP contribution < -0.4 is 11.1 Å². The zero-order valence-corrected chi connectivity index (χ0v) is 20.0. The number of fused-ring (bicyclic) bond motifs is 2. The Morgan fingerprint density at radius 2 is 1.94 bits per heavy atom. The van der Waals surface area contributed by atoms with Gasteiger partial charge in [0.05, 0.1) is 10.9 Å². The fourth-order valence-electron chi connectivity index (χ4n) is 4.26. The van der Waals surface area contributed by atoms with Gasteiger partial charge in [0.2, 0.25) is 0 Å². The Morgan fingerprint density at radius 1 is 1.17 bits per heavy atom. The van der Waals surface area contributed by atoms with Gasteiger partial charge < -0.3 is 15.6 Å². The molecule has 1 aliphatic carbocycles. The predicted molar refractivity (Wildman–Crippen MR) is 136 cm³/mol. The van der Waals surface area contributed by atoms with Crippen LogP contribution >= 0.6 is 22.9 Å². The molecule has 5 rings (SSSR count). The summed E-state index contributed by atoms with van der Waals surface area (Å²) < 4.78 is 5.53. The van der Waals surface area contributed by atoms with Crippen molar-refractivity contribution < 1.29 is 14.1 Å². The third kappa shape index (κ3) is 4.44. The first kappa shape index (κ1) is 22.8. The van der Waals surface area contributed by atoms with E-state index in [1.54, 1.807) is 30.3 Å². The number of nitriles is 1. The van der Waals surface area contributed by atoms with E-state index >= 15 is 0 Å². The number of anilines is 1. The van der Waals surface area contributed by atoms with E-state index in [1.807, 2.05) is 18.2 Å². The molecule has 0 saturated heterocycles. The highest BCUT2D eigenvalue weighted by Crippen LogP contribution is 2.38. The molecule has 2 aromatic heterocycles. The SMILES string of the molecule is N#C/C(=C\c1ccc2noc(-c3ccc(Cl)cc3)c2c1)C(=O)Nc1sc2c(c1C(N)=O)CCCC2. The standard InChI is InChI=1S/C26H19ClN4O3S/c27-17-8-6-15(7-9-17)23-19-12-14(5-10-20(19)31-34-23)11-16(13-28)25(33)30-26-22(24(29)32)18-3-1-2-4-21(18)35-26/h5-12H,1-4H2,(H2,29,32)(H,30,33)/b16-11+. The molecule has 0 radical (unpaired) electrons. The second-order valence-corrected chi connectivity index (χ2v) is 9.74. The molecule has 7 nitrogen and oxygen atoms in total. The van der Waals surface area contributed by atoms with Crippen molar-refractivity contribution in [3.8, 4) is 17.4 Å². The Hall–Kier alpha value is -3.93. The van der Waals surface area contributed by atoms with E-state index in [-0.39, 0.29) is 5.57 Å². The van der Waals surface area contributed by atoms with E-state index in [0.717, 1.165) is 47.1 Å². The molecule has 4 aromatic rings. The van der Waals surface area contributed by atoms with Gasteiger partial charge in [-0.25, -0.2) is 0 Å². The number of primary amides is 1. The smallest absolute Gasteiger partial charge is 0.266 e. The van der Waals surface area contributed by atoms with Crippen LogP contribution in [0.4, 0.5) is 5.00 Å². The summed E-state index contributed by atoms with van der Waals surface area (Å²) in [4.78, 5) is 26.2. The average Bonchev–Trinajstić information content (AvgIpc) is 3.43. The maximum atomic E-state index is 13.0. The summed E-state index contributed by atoms with van der Waals surface area (Å²) in [6, 6.07) is 14.5. The van der Waals surface area contributed by atoms with E-state index in [9.17, 15) is 14.9 Å². The van der Waals surface area contributed by atoms with E-state index in [2.05, 4.69) is 10.5 Å². The number of amides is 2. The molecule has 0 fully saturated rings. The van der Waals surface area contributed by atoms with Crippen molar-refractivity contribution in [1.29, 1.82) is 5.26 Å². The molecular formula is C26H19ClN4O3S. The summed E-state index contributed by atoms with van der Waals surface area (Å²) in [7, 11) is 0. The second-order valence-electron chi connectivity index (χ2n) is 8.20. The third-order valence-electron chi connectivity index (χ3n) is 5.93. The first-order valence-electron chi connectivity index (χ1n) is 11.0. The number of hydrogen-bond donors (Lipinski definition) is 2. The number of aromatic nitrogens is 1. The van der Waals surface area contributed by atoms with Crippen LogP contribution in [0.2, 0.25) is 5.02 Å². The lowest BCUT2D eigenvalue weighted by Gasteiger charge is -2.11. The summed E-state index contributed by atoms with van der Waals surface area (Å²) in [5.41, 5.74) is 8.86. The molecule has 0 bridgehead atoms. The van der Waals surface area contributed by atoms with Crippen molar-refractivity contribution >= 4 is 56.7 Å². The Bertz CT molecular complexity index is 1540. The highest BCUT2D eigenvalue weighted by atomic mass is 35.5. The first-order valence-corrected chi connectivity index (χ1v) is 12.2. The van der Waals surface area contributed by atoms with E-state index in [0.29, 0.717) is 32.4 Å². The Balaban J connectivity index is 1.46. The van der Waals surface area contributed by atoms with Gasteiger partial charge in [-0.3, -0.25) is 9.59 Å². The number of nitrogens with zero attached hydrogens (tertiary/aromatic N) is 2.